The van der Waals surface area contributed by atoms with E-state index in [9.17, 15) is 4.79 Å². The highest BCUT2D eigenvalue weighted by atomic mass is 35.5. The van der Waals surface area contributed by atoms with Crippen molar-refractivity contribution >= 4 is 36.4 Å². The zero-order valence-electron chi connectivity index (χ0n) is 13.5. The van der Waals surface area contributed by atoms with E-state index < -0.39 is 6.04 Å². The summed E-state index contributed by atoms with van der Waals surface area (Å²) in [5.41, 5.74) is 6.52. The Morgan fingerprint density at radius 2 is 1.77 bits per heavy atom. The van der Waals surface area contributed by atoms with Gasteiger partial charge in [-0.1, -0.05) is 13.8 Å². The molecule has 5 nitrogen and oxygen atoms in total. The molecule has 0 saturated carbocycles. The minimum Gasteiger partial charge on any atom is -0.492 e. The van der Waals surface area contributed by atoms with Crippen molar-refractivity contribution in [3.8, 4) is 5.75 Å². The molecular weight excluding hydrogens is 325 g/mol. The Kier molecular flexibility index (Phi) is 12.2. The molecule has 1 atom stereocenters. The Balaban J connectivity index is 0. The summed E-state index contributed by atoms with van der Waals surface area (Å²) in [6, 6.07) is 6.82. The topological polar surface area (TPSA) is 67.6 Å². The summed E-state index contributed by atoms with van der Waals surface area (Å²) in [4.78, 5) is 13.9. The van der Waals surface area contributed by atoms with Crippen LogP contribution in [0.5, 0.6) is 5.75 Å². The highest BCUT2D eigenvalue weighted by molar-refractivity contribution is 5.94. The third-order valence-electron chi connectivity index (χ3n) is 2.95. The SMILES string of the molecule is CC(C)C(N)C(=O)Nc1ccc(OCCN(C)C)cc1.Cl.Cl. The maximum atomic E-state index is 11.8. The van der Waals surface area contributed by atoms with Gasteiger partial charge in [0.15, 0.2) is 0 Å². The third-order valence-corrected chi connectivity index (χ3v) is 2.95. The highest BCUT2D eigenvalue weighted by Gasteiger charge is 2.16. The van der Waals surface area contributed by atoms with E-state index >= 15 is 0 Å². The number of ether oxygens (including phenoxy) is 1. The van der Waals surface area contributed by atoms with Gasteiger partial charge in [-0.3, -0.25) is 4.79 Å². The first kappa shape index (κ1) is 23.3. The number of carbonyl (C=O) groups excluding carboxylic acids is 1. The normalized spacial score (nSPS) is 11.4. The summed E-state index contributed by atoms with van der Waals surface area (Å²) in [6.45, 7) is 5.34. The summed E-state index contributed by atoms with van der Waals surface area (Å²) >= 11 is 0. The molecule has 0 radical (unpaired) electrons. The molecule has 1 aromatic rings. The van der Waals surface area contributed by atoms with E-state index in [-0.39, 0.29) is 36.6 Å². The Bertz CT molecular complexity index is 425. The molecule has 128 valence electrons. The van der Waals surface area contributed by atoms with Crippen LogP contribution in [0.15, 0.2) is 24.3 Å². The third kappa shape index (κ3) is 8.44. The number of nitrogens with two attached hydrogens (primary N) is 1. The van der Waals surface area contributed by atoms with Crippen molar-refractivity contribution in [3.63, 3.8) is 0 Å². The molecule has 1 unspecified atom stereocenters. The van der Waals surface area contributed by atoms with Gasteiger partial charge in [0.1, 0.15) is 12.4 Å². The van der Waals surface area contributed by atoms with E-state index in [0.717, 1.165) is 18.0 Å². The van der Waals surface area contributed by atoms with Crippen molar-refractivity contribution < 1.29 is 9.53 Å². The van der Waals surface area contributed by atoms with Crippen molar-refractivity contribution in [2.45, 2.75) is 19.9 Å². The maximum Gasteiger partial charge on any atom is 0.241 e. The number of hydrogen-bond acceptors (Lipinski definition) is 4. The quantitative estimate of drug-likeness (QED) is 0.791. The van der Waals surface area contributed by atoms with Gasteiger partial charge >= 0.3 is 0 Å². The fourth-order valence-corrected chi connectivity index (χ4v) is 1.51. The molecule has 3 N–H and O–H groups in total. The van der Waals surface area contributed by atoms with Crippen molar-refractivity contribution in [1.82, 2.24) is 4.90 Å². The van der Waals surface area contributed by atoms with Crippen LogP contribution in [-0.4, -0.2) is 44.1 Å². The molecule has 0 bridgehead atoms. The summed E-state index contributed by atoms with van der Waals surface area (Å²) in [7, 11) is 4.00. The van der Waals surface area contributed by atoms with Gasteiger partial charge in [-0.25, -0.2) is 0 Å². The van der Waals surface area contributed by atoms with Crippen molar-refractivity contribution in [3.05, 3.63) is 24.3 Å². The minimum atomic E-state index is -0.494. The smallest absolute Gasteiger partial charge is 0.241 e. The van der Waals surface area contributed by atoms with Gasteiger partial charge < -0.3 is 20.7 Å². The zero-order valence-corrected chi connectivity index (χ0v) is 15.2. The molecule has 0 aliphatic carbocycles. The number of amides is 1. The molecule has 0 heterocycles. The molecule has 0 saturated heterocycles. The van der Waals surface area contributed by atoms with Gasteiger partial charge in [-0.2, -0.15) is 0 Å². The van der Waals surface area contributed by atoms with Gasteiger partial charge in [0.05, 0.1) is 6.04 Å². The number of rotatable bonds is 7. The molecule has 1 rings (SSSR count). The van der Waals surface area contributed by atoms with Crippen LogP contribution in [0.2, 0.25) is 0 Å². The summed E-state index contributed by atoms with van der Waals surface area (Å²) in [5, 5.41) is 2.80. The standard InChI is InChI=1S/C15H25N3O2.2ClH/c1-11(2)14(16)15(19)17-12-5-7-13(8-6-12)20-10-9-18(3)4;;/h5-8,11,14H,9-10,16H2,1-4H3,(H,17,19);2*1H. The zero-order chi connectivity index (χ0) is 15.1. The summed E-state index contributed by atoms with van der Waals surface area (Å²) in [6.07, 6.45) is 0. The fourth-order valence-electron chi connectivity index (χ4n) is 1.51. The lowest BCUT2D eigenvalue weighted by Crippen LogP contribution is -2.39. The molecule has 1 aromatic carbocycles. The average molecular weight is 352 g/mol. The van der Waals surface area contributed by atoms with E-state index in [2.05, 4.69) is 10.2 Å². The van der Waals surface area contributed by atoms with Crippen LogP contribution in [0.1, 0.15) is 13.8 Å². The van der Waals surface area contributed by atoms with E-state index in [1.165, 1.54) is 0 Å². The lowest BCUT2D eigenvalue weighted by molar-refractivity contribution is -0.118. The van der Waals surface area contributed by atoms with Gasteiger partial charge in [0, 0.05) is 12.2 Å². The Morgan fingerprint density at radius 3 is 2.23 bits per heavy atom. The van der Waals surface area contributed by atoms with Crippen molar-refractivity contribution in [2.24, 2.45) is 11.7 Å². The van der Waals surface area contributed by atoms with E-state index in [1.807, 2.05) is 52.2 Å². The first-order valence-corrected chi connectivity index (χ1v) is 6.84. The lowest BCUT2D eigenvalue weighted by atomic mass is 10.1. The molecule has 7 heteroatoms. The van der Waals surface area contributed by atoms with Crippen LogP contribution in [-0.2, 0) is 4.79 Å². The Hall–Kier alpha value is -1.01. The van der Waals surface area contributed by atoms with E-state index in [1.54, 1.807) is 0 Å². The van der Waals surface area contributed by atoms with Crippen molar-refractivity contribution in [1.29, 1.82) is 0 Å². The molecule has 0 spiro atoms. The average Bonchev–Trinajstić information content (AvgIpc) is 2.39. The monoisotopic (exact) mass is 351 g/mol. The summed E-state index contributed by atoms with van der Waals surface area (Å²) < 4.78 is 5.58. The molecule has 1 amide bonds. The second kappa shape index (κ2) is 11.5. The lowest BCUT2D eigenvalue weighted by Gasteiger charge is -2.15. The van der Waals surface area contributed by atoms with Gasteiger partial charge in [-0.05, 0) is 44.3 Å². The maximum absolute atomic E-state index is 11.8. The van der Waals surface area contributed by atoms with Gasteiger partial charge in [0.2, 0.25) is 5.91 Å². The van der Waals surface area contributed by atoms with Gasteiger partial charge in [-0.15, -0.1) is 24.8 Å². The predicted octanol–water partition coefficient (Wildman–Crippen LogP) is 2.39. The number of nitrogens with one attached hydrogen (secondary N) is 1. The fraction of sp³-hybridized carbons (Fsp3) is 0.533. The molecule has 0 fully saturated rings. The second-order valence-corrected chi connectivity index (χ2v) is 5.44. The largest absolute Gasteiger partial charge is 0.492 e. The number of benzene rings is 1. The molecule has 22 heavy (non-hydrogen) atoms. The molecule has 0 aromatic heterocycles. The Labute approximate surface area is 145 Å². The van der Waals surface area contributed by atoms with Crippen LogP contribution in [0.3, 0.4) is 0 Å². The number of nitrogens with zero attached hydrogens (tertiary/aromatic N) is 1. The molecular formula is C15H27Cl2N3O2. The first-order chi connectivity index (χ1) is 9.40. The first-order valence-electron chi connectivity index (χ1n) is 6.84. The summed E-state index contributed by atoms with van der Waals surface area (Å²) in [5.74, 6) is 0.739. The second-order valence-electron chi connectivity index (χ2n) is 5.44. The molecule has 0 aliphatic heterocycles. The predicted molar refractivity (Wildman–Crippen MR) is 96.4 cm³/mol. The molecule has 0 aliphatic rings. The van der Waals surface area contributed by atoms with Crippen LogP contribution < -0.4 is 15.8 Å². The number of anilines is 1. The van der Waals surface area contributed by atoms with Gasteiger partial charge in [0.25, 0.3) is 0 Å². The highest BCUT2D eigenvalue weighted by Crippen LogP contribution is 2.16. The number of carbonyl (C=O) groups is 1. The number of hydrogen-bond donors (Lipinski definition) is 2. The van der Waals surface area contributed by atoms with Crippen LogP contribution >= 0.6 is 24.8 Å². The number of likely N-dealkylation sites (N-methyl/N-ethyl adjacent to an activating group) is 1. The Morgan fingerprint density at radius 1 is 1.23 bits per heavy atom. The minimum absolute atomic E-state index is 0. The van der Waals surface area contributed by atoms with Crippen LogP contribution in [0.25, 0.3) is 0 Å². The van der Waals surface area contributed by atoms with Crippen LogP contribution in [0.4, 0.5) is 5.69 Å². The van der Waals surface area contributed by atoms with Crippen LogP contribution in [0, 0.1) is 5.92 Å². The number of halogens is 2. The van der Waals surface area contributed by atoms with Crippen molar-refractivity contribution in [2.75, 3.05) is 32.6 Å². The van der Waals surface area contributed by atoms with E-state index in [4.69, 9.17) is 10.5 Å². The van der Waals surface area contributed by atoms with E-state index in [0.29, 0.717) is 6.61 Å².